The number of hydrogen-bond donors (Lipinski definition) is 0. The second-order valence-corrected chi connectivity index (χ2v) is 5.50. The molecule has 5 heteroatoms. The van der Waals surface area contributed by atoms with Gasteiger partial charge in [-0.3, -0.25) is 0 Å². The topological polar surface area (TPSA) is 29.5 Å². The first-order valence-corrected chi connectivity index (χ1v) is 6.11. The zero-order valence-electron chi connectivity index (χ0n) is 9.35. The first-order chi connectivity index (χ1) is 6.76. The second-order valence-electron chi connectivity index (χ2n) is 4.94. The Kier molecular flexibility index (Phi) is 3.63. The lowest BCUT2D eigenvalue weighted by molar-refractivity contribution is 0.0266. The van der Waals surface area contributed by atoms with Crippen LogP contribution in [0.3, 0.4) is 0 Å². The number of halogens is 2. The van der Waals surface area contributed by atoms with E-state index in [9.17, 15) is 9.18 Å². The fraction of sp³-hybridized carbons (Fsp3) is 0.900. The molecule has 0 radical (unpaired) electrons. The monoisotopic (exact) mass is 281 g/mol. The van der Waals surface area contributed by atoms with Gasteiger partial charge in [0, 0.05) is 18.3 Å². The summed E-state index contributed by atoms with van der Waals surface area (Å²) in [6.45, 7) is 5.95. The number of likely N-dealkylation sites (tertiary alicyclic amines) is 1. The van der Waals surface area contributed by atoms with Gasteiger partial charge in [0.15, 0.2) is 0 Å². The van der Waals surface area contributed by atoms with E-state index in [4.69, 9.17) is 4.74 Å². The molecule has 0 saturated carbocycles. The maximum atomic E-state index is 13.8. The Morgan fingerprint density at radius 3 is 2.60 bits per heavy atom. The molecule has 0 aromatic heterocycles. The van der Waals surface area contributed by atoms with Gasteiger partial charge in [0.1, 0.15) is 11.3 Å². The van der Waals surface area contributed by atoms with Crippen molar-refractivity contribution in [3.8, 4) is 0 Å². The maximum Gasteiger partial charge on any atom is 0.410 e. The van der Waals surface area contributed by atoms with Crippen molar-refractivity contribution in [2.75, 3.05) is 18.4 Å². The normalized spacial score (nSPS) is 26.9. The molecule has 0 aliphatic carbocycles. The summed E-state index contributed by atoms with van der Waals surface area (Å²) >= 11 is 3.12. The Labute approximate surface area is 98.1 Å². The summed E-state index contributed by atoms with van der Waals surface area (Å²) in [4.78, 5) is 13.0. The summed E-state index contributed by atoms with van der Waals surface area (Å²) in [5.41, 5.74) is -1.82. The molecule has 15 heavy (non-hydrogen) atoms. The van der Waals surface area contributed by atoms with Gasteiger partial charge in [-0.15, -0.1) is 0 Å². The number of amides is 1. The Morgan fingerprint density at radius 1 is 1.60 bits per heavy atom. The Balaban J connectivity index is 2.51. The molecule has 88 valence electrons. The molecule has 0 unspecified atom stereocenters. The van der Waals surface area contributed by atoms with Crippen LogP contribution < -0.4 is 0 Å². The van der Waals surface area contributed by atoms with Crippen LogP contribution in [0.25, 0.3) is 0 Å². The smallest absolute Gasteiger partial charge is 0.410 e. The summed E-state index contributed by atoms with van der Waals surface area (Å²) < 4.78 is 19.0. The van der Waals surface area contributed by atoms with Crippen molar-refractivity contribution in [3.63, 3.8) is 0 Å². The molecule has 1 aliphatic heterocycles. The summed E-state index contributed by atoms with van der Waals surface area (Å²) in [6, 6.07) is 0. The maximum absolute atomic E-state index is 13.8. The third kappa shape index (κ3) is 3.63. The molecule has 1 rings (SSSR count). The standard InChI is InChI=1S/C10H17BrFNO2/c1-9(2,3)15-8(14)13-5-4-10(12,6-11)7-13/h4-7H2,1-3H3/t10-/m0/s1. The van der Waals surface area contributed by atoms with Gasteiger partial charge in [-0.2, -0.15) is 0 Å². The van der Waals surface area contributed by atoms with Gasteiger partial charge in [0.2, 0.25) is 0 Å². The molecule has 0 spiro atoms. The Bertz CT molecular complexity index is 254. The number of carbonyl (C=O) groups excluding carboxylic acids is 1. The third-order valence-corrected chi connectivity index (χ3v) is 3.20. The molecular formula is C10H17BrFNO2. The van der Waals surface area contributed by atoms with Gasteiger partial charge in [-0.1, -0.05) is 15.9 Å². The predicted octanol–water partition coefficient (Wildman–Crippen LogP) is 2.73. The van der Waals surface area contributed by atoms with Crippen LogP contribution in [-0.4, -0.2) is 40.7 Å². The highest BCUT2D eigenvalue weighted by molar-refractivity contribution is 9.09. The van der Waals surface area contributed by atoms with Gasteiger partial charge in [0.05, 0.1) is 6.54 Å². The van der Waals surface area contributed by atoms with Crippen LogP contribution in [0.5, 0.6) is 0 Å². The number of ether oxygens (including phenoxy) is 1. The lowest BCUT2D eigenvalue weighted by Crippen LogP contribution is -2.38. The van der Waals surface area contributed by atoms with Crippen molar-refractivity contribution >= 4 is 22.0 Å². The van der Waals surface area contributed by atoms with Gasteiger partial charge in [-0.25, -0.2) is 9.18 Å². The summed E-state index contributed by atoms with van der Waals surface area (Å²) in [5.74, 6) is 0. The van der Waals surface area contributed by atoms with Gasteiger partial charge < -0.3 is 9.64 Å². The summed E-state index contributed by atoms with van der Waals surface area (Å²) in [5, 5.41) is 0.263. The lowest BCUT2D eigenvalue weighted by Gasteiger charge is -2.25. The highest BCUT2D eigenvalue weighted by Gasteiger charge is 2.40. The van der Waals surface area contributed by atoms with Crippen LogP contribution in [0.15, 0.2) is 0 Å². The first kappa shape index (κ1) is 12.7. The molecule has 1 heterocycles. The minimum atomic E-state index is -1.29. The second kappa shape index (κ2) is 4.28. The van der Waals surface area contributed by atoms with E-state index in [0.717, 1.165) is 0 Å². The lowest BCUT2D eigenvalue weighted by atomic mass is 10.1. The number of carbonyl (C=O) groups is 1. The van der Waals surface area contributed by atoms with E-state index in [1.807, 2.05) is 0 Å². The number of nitrogens with zero attached hydrogens (tertiary/aromatic N) is 1. The van der Waals surface area contributed by atoms with Crippen LogP contribution in [0.2, 0.25) is 0 Å². The minimum absolute atomic E-state index is 0.118. The van der Waals surface area contributed by atoms with Gasteiger partial charge in [-0.05, 0) is 20.8 Å². The highest BCUT2D eigenvalue weighted by Crippen LogP contribution is 2.28. The Hall–Kier alpha value is -0.320. The minimum Gasteiger partial charge on any atom is -0.444 e. The molecule has 1 atom stereocenters. The van der Waals surface area contributed by atoms with Crippen LogP contribution in [-0.2, 0) is 4.74 Å². The van der Waals surface area contributed by atoms with Crippen molar-refractivity contribution in [1.82, 2.24) is 4.90 Å². The van der Waals surface area contributed by atoms with Crippen molar-refractivity contribution in [3.05, 3.63) is 0 Å². The van der Waals surface area contributed by atoms with Crippen LogP contribution >= 0.6 is 15.9 Å². The molecular weight excluding hydrogens is 265 g/mol. The molecule has 3 nitrogen and oxygen atoms in total. The Morgan fingerprint density at radius 2 is 2.20 bits per heavy atom. The van der Waals surface area contributed by atoms with E-state index in [1.54, 1.807) is 20.8 Å². The van der Waals surface area contributed by atoms with Gasteiger partial charge >= 0.3 is 6.09 Å². The predicted molar refractivity (Wildman–Crippen MR) is 60.1 cm³/mol. The number of rotatable bonds is 1. The molecule has 0 N–H and O–H groups in total. The van der Waals surface area contributed by atoms with Gasteiger partial charge in [0.25, 0.3) is 0 Å². The molecule has 1 fully saturated rings. The van der Waals surface area contributed by atoms with E-state index < -0.39 is 17.4 Å². The summed E-state index contributed by atoms with van der Waals surface area (Å²) in [6.07, 6.45) is -0.0553. The summed E-state index contributed by atoms with van der Waals surface area (Å²) in [7, 11) is 0. The van der Waals surface area contributed by atoms with Crippen LogP contribution in [0, 0.1) is 0 Å². The van der Waals surface area contributed by atoms with Crippen molar-refractivity contribution < 1.29 is 13.9 Å². The third-order valence-electron chi connectivity index (χ3n) is 2.20. The van der Waals surface area contributed by atoms with Crippen molar-refractivity contribution in [2.45, 2.75) is 38.5 Å². The average molecular weight is 282 g/mol. The zero-order chi connectivity index (χ0) is 11.7. The SMILES string of the molecule is CC(C)(C)OC(=O)N1CC[C@](F)(CBr)C1. The number of hydrogen-bond acceptors (Lipinski definition) is 2. The van der Waals surface area contributed by atoms with Crippen molar-refractivity contribution in [2.24, 2.45) is 0 Å². The largest absolute Gasteiger partial charge is 0.444 e. The fourth-order valence-electron chi connectivity index (χ4n) is 1.43. The fourth-order valence-corrected chi connectivity index (χ4v) is 1.88. The first-order valence-electron chi connectivity index (χ1n) is 4.99. The number of alkyl halides is 2. The molecule has 0 aromatic carbocycles. The van der Waals surface area contributed by atoms with E-state index in [-0.39, 0.29) is 11.9 Å². The molecule has 1 aliphatic rings. The van der Waals surface area contributed by atoms with E-state index >= 15 is 0 Å². The highest BCUT2D eigenvalue weighted by atomic mass is 79.9. The quantitative estimate of drug-likeness (QED) is 0.692. The van der Waals surface area contributed by atoms with Crippen molar-refractivity contribution in [1.29, 1.82) is 0 Å². The van der Waals surface area contributed by atoms with E-state index in [0.29, 0.717) is 13.0 Å². The zero-order valence-corrected chi connectivity index (χ0v) is 10.9. The molecule has 1 saturated heterocycles. The van der Waals surface area contributed by atoms with E-state index in [1.165, 1.54) is 4.90 Å². The van der Waals surface area contributed by atoms with Crippen LogP contribution in [0.4, 0.5) is 9.18 Å². The average Bonchev–Trinajstić information content (AvgIpc) is 2.46. The molecule has 0 aromatic rings. The molecule has 0 bridgehead atoms. The van der Waals surface area contributed by atoms with E-state index in [2.05, 4.69) is 15.9 Å². The molecule has 1 amide bonds. The van der Waals surface area contributed by atoms with Crippen LogP contribution in [0.1, 0.15) is 27.2 Å².